The summed E-state index contributed by atoms with van der Waals surface area (Å²) < 4.78 is 73.7. The molecule has 0 bridgehead atoms. The van der Waals surface area contributed by atoms with E-state index in [1.165, 1.54) is 23.1 Å². The number of piperazine rings is 1. The average molecular weight is 702 g/mol. The van der Waals surface area contributed by atoms with Gasteiger partial charge in [-0.25, -0.2) is 13.6 Å². The highest BCUT2D eigenvalue weighted by Crippen LogP contribution is 2.32. The first kappa shape index (κ1) is 37.2. The van der Waals surface area contributed by atoms with E-state index in [1.54, 1.807) is 31.7 Å². The van der Waals surface area contributed by atoms with Crippen LogP contribution >= 0.6 is 11.6 Å². The highest BCUT2D eigenvalue weighted by Gasteiger charge is 2.32. The number of anilines is 2. The van der Waals surface area contributed by atoms with E-state index in [9.17, 15) is 27.6 Å². The number of hydrogen-bond donors (Lipinski definition) is 2. The molecule has 2 heterocycles. The number of rotatable bonds is 9. The van der Waals surface area contributed by atoms with Gasteiger partial charge in [-0.15, -0.1) is 0 Å². The van der Waals surface area contributed by atoms with Gasteiger partial charge in [0.05, 0.1) is 23.4 Å². The number of likely N-dealkylation sites (tertiary alicyclic amines) is 1. The lowest BCUT2D eigenvalue weighted by Gasteiger charge is -2.37. The van der Waals surface area contributed by atoms with Crippen LogP contribution in [0.25, 0.3) is 0 Å². The van der Waals surface area contributed by atoms with Gasteiger partial charge in [-0.1, -0.05) is 17.7 Å². The number of halogens is 6. The Morgan fingerprint density at radius 1 is 0.958 bits per heavy atom. The molecule has 2 fully saturated rings. The summed E-state index contributed by atoms with van der Waals surface area (Å²) >= 11 is 6.19. The number of alkyl halides is 3. The molecule has 0 unspecified atom stereocenters. The molecule has 2 aromatic carbocycles. The molecule has 48 heavy (non-hydrogen) atoms. The number of carbonyl (C=O) groups is 3. The predicted octanol–water partition coefficient (Wildman–Crippen LogP) is 6.74. The second-order valence-corrected chi connectivity index (χ2v) is 13.5. The van der Waals surface area contributed by atoms with E-state index in [-0.39, 0.29) is 30.8 Å². The van der Waals surface area contributed by atoms with E-state index in [1.807, 2.05) is 4.90 Å². The maximum atomic E-state index is 15.2. The second kappa shape index (κ2) is 15.7. The van der Waals surface area contributed by atoms with E-state index < -0.39 is 59.3 Å². The topological polar surface area (TPSA) is 94.2 Å². The Bertz CT molecular complexity index is 1480. The number of nitrogens with zero attached hydrogens (tertiary/aromatic N) is 3. The zero-order valence-electron chi connectivity index (χ0n) is 27.2. The molecule has 15 heteroatoms. The average Bonchev–Trinajstić information content (AvgIpc) is 3.01. The normalized spacial score (nSPS) is 17.6. The highest BCUT2D eigenvalue weighted by atomic mass is 35.5. The summed E-state index contributed by atoms with van der Waals surface area (Å²) in [6.45, 7) is 6.72. The van der Waals surface area contributed by atoms with Crippen LogP contribution in [0.3, 0.4) is 0 Å². The molecule has 264 valence electrons. The lowest BCUT2D eigenvalue weighted by Crippen LogP contribution is -2.47. The number of nitrogens with one attached hydrogen (secondary N) is 2. The van der Waals surface area contributed by atoms with Crippen molar-refractivity contribution in [2.75, 3.05) is 49.5 Å². The van der Waals surface area contributed by atoms with Gasteiger partial charge < -0.3 is 25.2 Å². The molecule has 1 atom stereocenters. The third kappa shape index (κ3) is 10.4. The summed E-state index contributed by atoms with van der Waals surface area (Å²) in [5, 5.41) is 5.53. The molecule has 0 radical (unpaired) electrons. The summed E-state index contributed by atoms with van der Waals surface area (Å²) in [5.41, 5.74) is -0.651. The molecular formula is C33H41ClF5N5O4. The minimum absolute atomic E-state index is 0.0319. The van der Waals surface area contributed by atoms with Crippen molar-refractivity contribution in [2.45, 2.75) is 77.2 Å². The van der Waals surface area contributed by atoms with Crippen LogP contribution in [0.4, 0.5) is 38.1 Å². The smallest absolute Gasteiger partial charge is 0.410 e. The molecule has 9 nitrogen and oxygen atoms in total. The van der Waals surface area contributed by atoms with E-state index in [2.05, 4.69) is 10.6 Å². The number of ether oxygens (including phenoxy) is 1. The van der Waals surface area contributed by atoms with Gasteiger partial charge in [0.25, 0.3) is 5.91 Å². The molecule has 3 amide bonds. The maximum Gasteiger partial charge on any atom is 0.410 e. The van der Waals surface area contributed by atoms with Gasteiger partial charge in [-0.3, -0.25) is 14.5 Å². The van der Waals surface area contributed by atoms with Crippen molar-refractivity contribution in [3.63, 3.8) is 0 Å². The summed E-state index contributed by atoms with van der Waals surface area (Å²) in [6.07, 6.45) is -3.47. The second-order valence-electron chi connectivity index (χ2n) is 13.0. The molecule has 0 spiro atoms. The first-order valence-corrected chi connectivity index (χ1v) is 16.3. The van der Waals surface area contributed by atoms with Gasteiger partial charge in [-0.2, -0.15) is 13.2 Å². The molecule has 2 aliphatic heterocycles. The summed E-state index contributed by atoms with van der Waals surface area (Å²) in [6, 6.07) is 6.56. The van der Waals surface area contributed by atoms with Crippen LogP contribution < -0.4 is 15.5 Å². The van der Waals surface area contributed by atoms with Crippen LogP contribution in [-0.2, 0) is 16.1 Å². The Kier molecular flexibility index (Phi) is 12.2. The SMILES string of the molecule is CC(C)(C)OC(=O)N1CCCC[C@H]1CC(=O)NCc1ccc(C(=O)Nc2ccc(Cl)cc2N2CCN(CCC(F)(F)F)CC2)c(F)c1F. The Balaban J connectivity index is 1.36. The third-order valence-electron chi connectivity index (χ3n) is 8.19. The molecular weight excluding hydrogens is 661 g/mol. The highest BCUT2D eigenvalue weighted by molar-refractivity contribution is 6.31. The first-order valence-electron chi connectivity index (χ1n) is 15.9. The Labute approximate surface area is 281 Å². The number of amides is 3. The van der Waals surface area contributed by atoms with Gasteiger partial charge in [0.2, 0.25) is 5.91 Å². The fraction of sp³-hybridized carbons (Fsp3) is 0.545. The largest absolute Gasteiger partial charge is 0.444 e. The van der Waals surface area contributed by atoms with E-state index in [0.717, 1.165) is 18.9 Å². The quantitative estimate of drug-likeness (QED) is 0.282. The van der Waals surface area contributed by atoms with Gasteiger partial charge in [0, 0.05) is 68.9 Å². The molecule has 4 rings (SSSR count). The molecule has 2 saturated heterocycles. The molecule has 2 aliphatic rings. The molecule has 2 N–H and O–H groups in total. The van der Waals surface area contributed by atoms with Crippen LogP contribution in [0.5, 0.6) is 0 Å². The minimum atomic E-state index is -4.25. The predicted molar refractivity (Wildman–Crippen MR) is 172 cm³/mol. The van der Waals surface area contributed by atoms with Crippen molar-refractivity contribution >= 4 is 40.9 Å². The Morgan fingerprint density at radius 2 is 1.67 bits per heavy atom. The van der Waals surface area contributed by atoms with Gasteiger partial charge >= 0.3 is 12.3 Å². The van der Waals surface area contributed by atoms with Crippen molar-refractivity contribution in [2.24, 2.45) is 0 Å². The van der Waals surface area contributed by atoms with Crippen LogP contribution in [-0.4, -0.2) is 84.8 Å². The monoisotopic (exact) mass is 701 g/mol. The molecule has 0 aromatic heterocycles. The van der Waals surface area contributed by atoms with Crippen LogP contribution in [0.1, 0.15) is 68.8 Å². The van der Waals surface area contributed by atoms with Crippen LogP contribution in [0.15, 0.2) is 30.3 Å². The van der Waals surface area contributed by atoms with Crippen molar-refractivity contribution in [1.82, 2.24) is 15.1 Å². The molecule has 0 aliphatic carbocycles. The van der Waals surface area contributed by atoms with Crippen molar-refractivity contribution in [3.05, 3.63) is 58.1 Å². The fourth-order valence-corrected chi connectivity index (χ4v) is 5.88. The molecule has 2 aromatic rings. The van der Waals surface area contributed by atoms with E-state index in [0.29, 0.717) is 49.9 Å². The van der Waals surface area contributed by atoms with E-state index in [4.69, 9.17) is 16.3 Å². The zero-order chi connectivity index (χ0) is 35.2. The van der Waals surface area contributed by atoms with Crippen molar-refractivity contribution in [3.8, 4) is 0 Å². The standard InChI is InChI=1S/C33H41ClF5N5O4/c1-32(2,3)48-31(47)44-12-5-4-6-23(44)19-27(45)40-20-21-7-9-24(29(36)28(21)35)30(46)41-25-10-8-22(34)18-26(25)43-16-14-42(15-17-43)13-11-33(37,38)39/h7-10,18,23H,4-6,11-17,19-20H2,1-3H3,(H,40,45)(H,41,46)/t23-/m0/s1. The third-order valence-corrected chi connectivity index (χ3v) is 8.43. The van der Waals surface area contributed by atoms with Gasteiger partial charge in [0.15, 0.2) is 11.6 Å². The summed E-state index contributed by atoms with van der Waals surface area (Å²) in [5.74, 6) is -4.05. The maximum absolute atomic E-state index is 15.2. The minimum Gasteiger partial charge on any atom is -0.444 e. The zero-order valence-corrected chi connectivity index (χ0v) is 27.9. The van der Waals surface area contributed by atoms with Gasteiger partial charge in [-0.05, 0) is 64.3 Å². The number of hydrogen-bond acceptors (Lipinski definition) is 6. The van der Waals surface area contributed by atoms with Crippen LogP contribution in [0.2, 0.25) is 5.02 Å². The van der Waals surface area contributed by atoms with Crippen LogP contribution in [0, 0.1) is 11.6 Å². The molecule has 0 saturated carbocycles. The lowest BCUT2D eigenvalue weighted by atomic mass is 9.99. The first-order chi connectivity index (χ1) is 22.5. The van der Waals surface area contributed by atoms with E-state index >= 15 is 8.78 Å². The fourth-order valence-electron chi connectivity index (χ4n) is 5.71. The summed E-state index contributed by atoms with van der Waals surface area (Å²) in [4.78, 5) is 43.6. The number of carbonyl (C=O) groups excluding carboxylic acids is 3. The summed E-state index contributed by atoms with van der Waals surface area (Å²) in [7, 11) is 0. The number of piperidine rings is 1. The van der Waals surface area contributed by atoms with Crippen molar-refractivity contribution < 1.29 is 41.1 Å². The Hall–Kier alpha value is -3.65. The Morgan fingerprint density at radius 3 is 2.33 bits per heavy atom. The van der Waals surface area contributed by atoms with Crippen molar-refractivity contribution in [1.29, 1.82) is 0 Å². The number of benzene rings is 2. The lowest BCUT2D eigenvalue weighted by molar-refractivity contribution is -0.138. The van der Waals surface area contributed by atoms with Gasteiger partial charge in [0.1, 0.15) is 5.60 Å².